The van der Waals surface area contributed by atoms with E-state index in [9.17, 15) is 4.79 Å². The Morgan fingerprint density at radius 1 is 1.50 bits per heavy atom. The van der Waals surface area contributed by atoms with E-state index in [4.69, 9.17) is 15.9 Å². The second kappa shape index (κ2) is 4.93. The van der Waals surface area contributed by atoms with Crippen LogP contribution in [0.5, 0.6) is 11.5 Å². The van der Waals surface area contributed by atoms with E-state index in [1.165, 1.54) is 7.11 Å². The van der Waals surface area contributed by atoms with Crippen molar-refractivity contribution < 1.29 is 14.3 Å². The Morgan fingerprint density at radius 2 is 2.29 bits per heavy atom. The minimum absolute atomic E-state index is 0.151. The molecule has 0 aliphatic heterocycles. The third-order valence-corrected chi connectivity index (χ3v) is 1.63. The molecule has 1 rings (SSSR count). The van der Waals surface area contributed by atoms with E-state index in [1.54, 1.807) is 18.2 Å². The SMILES string of the molecule is C#CCOc1cc(C=O)ccc1OC. The molecule has 0 aliphatic carbocycles. The molecule has 0 fully saturated rings. The van der Waals surface area contributed by atoms with E-state index in [-0.39, 0.29) is 6.61 Å². The monoisotopic (exact) mass is 190 g/mol. The Kier molecular flexibility index (Phi) is 3.57. The topological polar surface area (TPSA) is 35.5 Å². The van der Waals surface area contributed by atoms with Gasteiger partial charge in [0.05, 0.1) is 7.11 Å². The van der Waals surface area contributed by atoms with Crippen molar-refractivity contribution >= 4 is 6.29 Å². The van der Waals surface area contributed by atoms with Crippen LogP contribution in [0.2, 0.25) is 0 Å². The molecule has 0 radical (unpaired) electrons. The molecule has 0 atom stereocenters. The van der Waals surface area contributed by atoms with Crippen molar-refractivity contribution in [1.29, 1.82) is 0 Å². The van der Waals surface area contributed by atoms with Gasteiger partial charge in [0.1, 0.15) is 12.9 Å². The quantitative estimate of drug-likeness (QED) is 0.533. The summed E-state index contributed by atoms with van der Waals surface area (Å²) >= 11 is 0. The van der Waals surface area contributed by atoms with Crippen molar-refractivity contribution in [3.8, 4) is 23.8 Å². The van der Waals surface area contributed by atoms with Crippen LogP contribution in [-0.4, -0.2) is 20.0 Å². The number of carbonyl (C=O) groups excluding carboxylic acids is 1. The van der Waals surface area contributed by atoms with Gasteiger partial charge >= 0.3 is 0 Å². The van der Waals surface area contributed by atoms with Gasteiger partial charge in [0.2, 0.25) is 0 Å². The van der Waals surface area contributed by atoms with Crippen molar-refractivity contribution in [2.24, 2.45) is 0 Å². The lowest BCUT2D eigenvalue weighted by Crippen LogP contribution is -1.97. The van der Waals surface area contributed by atoms with Crippen LogP contribution >= 0.6 is 0 Å². The summed E-state index contributed by atoms with van der Waals surface area (Å²) in [6, 6.07) is 4.90. The molecule has 1 aromatic carbocycles. The summed E-state index contributed by atoms with van der Waals surface area (Å²) in [4.78, 5) is 10.5. The van der Waals surface area contributed by atoms with Gasteiger partial charge in [-0.1, -0.05) is 5.92 Å². The van der Waals surface area contributed by atoms with Crippen molar-refractivity contribution in [3.63, 3.8) is 0 Å². The number of terminal acetylenes is 1. The molecule has 0 unspecified atom stereocenters. The lowest BCUT2D eigenvalue weighted by Gasteiger charge is -2.08. The molecule has 0 spiro atoms. The molecule has 0 aliphatic rings. The van der Waals surface area contributed by atoms with Gasteiger partial charge in [-0.2, -0.15) is 0 Å². The molecule has 0 bridgehead atoms. The molecule has 0 amide bonds. The van der Waals surface area contributed by atoms with Crippen LogP contribution in [-0.2, 0) is 0 Å². The van der Waals surface area contributed by atoms with Crippen LogP contribution in [0.1, 0.15) is 10.4 Å². The normalized spacial score (nSPS) is 8.86. The van der Waals surface area contributed by atoms with Crippen molar-refractivity contribution in [1.82, 2.24) is 0 Å². The third-order valence-electron chi connectivity index (χ3n) is 1.63. The van der Waals surface area contributed by atoms with Gasteiger partial charge in [-0.05, 0) is 18.2 Å². The summed E-state index contributed by atoms with van der Waals surface area (Å²) in [5.41, 5.74) is 0.526. The average Bonchev–Trinajstić information content (AvgIpc) is 2.25. The minimum atomic E-state index is 0.151. The number of rotatable bonds is 4. The number of carbonyl (C=O) groups is 1. The predicted molar refractivity (Wildman–Crippen MR) is 52.7 cm³/mol. The summed E-state index contributed by atoms with van der Waals surface area (Å²) in [5.74, 6) is 3.38. The largest absolute Gasteiger partial charge is 0.493 e. The zero-order valence-electron chi connectivity index (χ0n) is 7.82. The molecule has 0 saturated heterocycles. The van der Waals surface area contributed by atoms with E-state index in [1.807, 2.05) is 0 Å². The molecular formula is C11H10O3. The van der Waals surface area contributed by atoms with E-state index >= 15 is 0 Å². The van der Waals surface area contributed by atoms with Gasteiger partial charge in [-0.15, -0.1) is 6.42 Å². The van der Waals surface area contributed by atoms with Crippen LogP contribution in [0.4, 0.5) is 0 Å². The maximum atomic E-state index is 10.5. The Morgan fingerprint density at radius 3 is 2.86 bits per heavy atom. The van der Waals surface area contributed by atoms with E-state index < -0.39 is 0 Å². The van der Waals surface area contributed by atoms with Gasteiger partial charge in [0.25, 0.3) is 0 Å². The molecule has 0 N–H and O–H groups in total. The fourth-order valence-electron chi connectivity index (χ4n) is 0.999. The second-order valence-electron chi connectivity index (χ2n) is 2.52. The first kappa shape index (κ1) is 10.1. The molecule has 1 aromatic rings. The zero-order valence-corrected chi connectivity index (χ0v) is 7.82. The highest BCUT2D eigenvalue weighted by molar-refractivity contribution is 5.76. The number of benzene rings is 1. The first-order valence-electron chi connectivity index (χ1n) is 4.01. The molecule has 3 nitrogen and oxygen atoms in total. The van der Waals surface area contributed by atoms with Crippen LogP contribution in [0.15, 0.2) is 18.2 Å². The standard InChI is InChI=1S/C11H10O3/c1-3-6-14-11-7-9(8-12)4-5-10(11)13-2/h1,4-5,7-8H,6H2,2H3. The summed E-state index contributed by atoms with van der Waals surface area (Å²) in [6.07, 6.45) is 5.79. The lowest BCUT2D eigenvalue weighted by atomic mass is 10.2. The highest BCUT2D eigenvalue weighted by atomic mass is 16.5. The van der Waals surface area contributed by atoms with Crippen LogP contribution in [0, 0.1) is 12.3 Å². The van der Waals surface area contributed by atoms with Crippen LogP contribution in [0.3, 0.4) is 0 Å². The molecule has 14 heavy (non-hydrogen) atoms. The van der Waals surface area contributed by atoms with Crippen LogP contribution in [0.25, 0.3) is 0 Å². The number of aldehydes is 1. The van der Waals surface area contributed by atoms with Crippen molar-refractivity contribution in [2.75, 3.05) is 13.7 Å². The fourth-order valence-corrected chi connectivity index (χ4v) is 0.999. The van der Waals surface area contributed by atoms with Gasteiger partial charge in [0.15, 0.2) is 11.5 Å². The Hall–Kier alpha value is -1.95. The second-order valence-corrected chi connectivity index (χ2v) is 2.52. The molecular weight excluding hydrogens is 180 g/mol. The molecule has 3 heteroatoms. The van der Waals surface area contributed by atoms with E-state index in [2.05, 4.69) is 5.92 Å². The van der Waals surface area contributed by atoms with Crippen molar-refractivity contribution in [3.05, 3.63) is 23.8 Å². The summed E-state index contributed by atoms with van der Waals surface area (Å²) in [5, 5.41) is 0. The number of hydrogen-bond acceptors (Lipinski definition) is 3. The highest BCUT2D eigenvalue weighted by Gasteiger charge is 2.04. The summed E-state index contributed by atoms with van der Waals surface area (Å²) < 4.78 is 10.2. The molecule has 72 valence electrons. The van der Waals surface area contributed by atoms with Gasteiger partial charge < -0.3 is 9.47 Å². The van der Waals surface area contributed by atoms with Gasteiger partial charge in [-0.25, -0.2) is 0 Å². The number of ether oxygens (including phenoxy) is 2. The Balaban J connectivity index is 2.96. The third kappa shape index (κ3) is 2.27. The molecule has 0 aromatic heterocycles. The zero-order chi connectivity index (χ0) is 10.4. The minimum Gasteiger partial charge on any atom is -0.493 e. The number of hydrogen-bond donors (Lipinski definition) is 0. The molecule has 0 heterocycles. The average molecular weight is 190 g/mol. The fraction of sp³-hybridized carbons (Fsp3) is 0.182. The lowest BCUT2D eigenvalue weighted by molar-refractivity contribution is 0.112. The Bertz CT molecular complexity index is 363. The highest BCUT2D eigenvalue weighted by Crippen LogP contribution is 2.27. The summed E-state index contributed by atoms with van der Waals surface area (Å²) in [7, 11) is 1.53. The van der Waals surface area contributed by atoms with Gasteiger partial charge in [-0.3, -0.25) is 4.79 Å². The summed E-state index contributed by atoms with van der Waals surface area (Å²) in [6.45, 7) is 0.151. The smallest absolute Gasteiger partial charge is 0.163 e. The van der Waals surface area contributed by atoms with E-state index in [0.717, 1.165) is 6.29 Å². The first-order valence-corrected chi connectivity index (χ1v) is 4.01. The van der Waals surface area contributed by atoms with Crippen LogP contribution < -0.4 is 9.47 Å². The van der Waals surface area contributed by atoms with E-state index in [0.29, 0.717) is 17.1 Å². The maximum Gasteiger partial charge on any atom is 0.163 e. The number of methoxy groups -OCH3 is 1. The van der Waals surface area contributed by atoms with Crippen molar-refractivity contribution in [2.45, 2.75) is 0 Å². The predicted octanol–water partition coefficient (Wildman–Crippen LogP) is 1.52. The van der Waals surface area contributed by atoms with Gasteiger partial charge in [0, 0.05) is 5.56 Å². The first-order chi connectivity index (χ1) is 6.81. The maximum absolute atomic E-state index is 10.5. The molecule has 0 saturated carbocycles. The Labute approximate surface area is 82.6 Å².